The van der Waals surface area contributed by atoms with Crippen LogP contribution in [0.25, 0.3) is 0 Å². The van der Waals surface area contributed by atoms with Crippen LogP contribution in [-0.2, 0) is 9.59 Å². The van der Waals surface area contributed by atoms with E-state index < -0.39 is 16.9 Å². The summed E-state index contributed by atoms with van der Waals surface area (Å²) in [7, 11) is 0. The number of hydrogen-bond donors (Lipinski definition) is 1. The number of hydrogen-bond acceptors (Lipinski definition) is 3. The number of nitrogens with zero attached hydrogens (tertiary/aromatic N) is 1. The molecule has 0 bridgehead atoms. The van der Waals surface area contributed by atoms with E-state index >= 15 is 0 Å². The number of carbonyl (C=O) groups excluding carboxylic acids is 1. The van der Waals surface area contributed by atoms with E-state index in [0.29, 0.717) is 5.75 Å². The van der Waals surface area contributed by atoms with Gasteiger partial charge in [-0.05, 0) is 13.8 Å². The zero-order valence-electron chi connectivity index (χ0n) is 7.90. The second kappa shape index (κ2) is 3.21. The molecule has 4 nitrogen and oxygen atoms in total. The minimum atomic E-state index is -0.923. The lowest BCUT2D eigenvalue weighted by atomic mass is 10.2. The van der Waals surface area contributed by atoms with Gasteiger partial charge in [0, 0.05) is 12.7 Å². The maximum Gasteiger partial charge on any atom is 0.327 e. The largest absolute Gasteiger partial charge is 0.480 e. The molecule has 0 aromatic carbocycles. The van der Waals surface area contributed by atoms with Crippen molar-refractivity contribution in [2.24, 2.45) is 0 Å². The Hall–Kier alpha value is -0.710. The fourth-order valence-corrected chi connectivity index (χ4v) is 2.83. The normalized spacial score (nSPS) is 26.1. The Balaban J connectivity index is 2.92. The number of rotatable bonds is 1. The van der Waals surface area contributed by atoms with Crippen LogP contribution in [0.3, 0.4) is 0 Å². The summed E-state index contributed by atoms with van der Waals surface area (Å²) in [5, 5.41) is 8.86. The van der Waals surface area contributed by atoms with Crippen LogP contribution in [0.4, 0.5) is 0 Å². The second-order valence-corrected chi connectivity index (χ2v) is 5.12. The molecule has 0 unspecified atom stereocenters. The summed E-state index contributed by atoms with van der Waals surface area (Å²) in [6.45, 7) is 5.13. The van der Waals surface area contributed by atoms with Crippen molar-refractivity contribution in [3.8, 4) is 0 Å². The fraction of sp³-hybridized carbons (Fsp3) is 0.750. The highest BCUT2D eigenvalue weighted by Gasteiger charge is 2.45. The SMILES string of the molecule is CC(=O)N1[C@H](C(=O)O)CSC1(C)C. The molecule has 1 aliphatic rings. The molecule has 0 aromatic rings. The average molecular weight is 203 g/mol. The minimum absolute atomic E-state index is 0.178. The predicted octanol–water partition coefficient (Wildman–Crippen LogP) is 0.771. The number of carbonyl (C=O) groups is 2. The van der Waals surface area contributed by atoms with Gasteiger partial charge in [-0.15, -0.1) is 11.8 Å². The van der Waals surface area contributed by atoms with Gasteiger partial charge >= 0.3 is 5.97 Å². The highest BCUT2D eigenvalue weighted by Crippen LogP contribution is 2.38. The van der Waals surface area contributed by atoms with Crippen LogP contribution in [0.15, 0.2) is 0 Å². The third kappa shape index (κ3) is 1.80. The zero-order valence-corrected chi connectivity index (χ0v) is 8.72. The molecule has 5 heteroatoms. The molecule has 74 valence electrons. The third-order valence-corrected chi connectivity index (χ3v) is 3.50. The first-order chi connectivity index (χ1) is 5.86. The molecule has 1 fully saturated rings. The zero-order chi connectivity index (χ0) is 10.2. The lowest BCUT2D eigenvalue weighted by Gasteiger charge is -2.32. The highest BCUT2D eigenvalue weighted by molar-refractivity contribution is 8.00. The molecule has 0 spiro atoms. The van der Waals surface area contributed by atoms with Gasteiger partial charge in [0.25, 0.3) is 0 Å². The number of carboxylic acids is 1. The van der Waals surface area contributed by atoms with Crippen molar-refractivity contribution in [1.29, 1.82) is 0 Å². The van der Waals surface area contributed by atoms with Crippen molar-refractivity contribution in [2.45, 2.75) is 31.7 Å². The highest BCUT2D eigenvalue weighted by atomic mass is 32.2. The molecule has 1 rings (SSSR count). The standard InChI is InChI=1S/C8H13NO3S/c1-5(10)9-6(7(11)12)4-13-8(9,2)3/h6H,4H2,1-3H3,(H,11,12)/t6-/m0/s1. The first-order valence-electron chi connectivity index (χ1n) is 4.03. The van der Waals surface area contributed by atoms with Gasteiger partial charge in [0.15, 0.2) is 0 Å². The Morgan fingerprint density at radius 1 is 1.54 bits per heavy atom. The molecule has 1 atom stereocenters. The fourth-order valence-electron chi connectivity index (χ4n) is 1.58. The Kier molecular flexibility index (Phi) is 2.56. The van der Waals surface area contributed by atoms with E-state index in [0.717, 1.165) is 0 Å². The quantitative estimate of drug-likeness (QED) is 0.684. The summed E-state index contributed by atoms with van der Waals surface area (Å²) in [5.41, 5.74) is 0. The van der Waals surface area contributed by atoms with Crippen LogP contribution in [0, 0.1) is 0 Å². The number of thioether (sulfide) groups is 1. The summed E-state index contributed by atoms with van der Waals surface area (Å²) in [4.78, 5) is 23.1. The van der Waals surface area contributed by atoms with Crippen molar-refractivity contribution in [2.75, 3.05) is 5.75 Å². The van der Waals surface area contributed by atoms with Crippen LogP contribution >= 0.6 is 11.8 Å². The van der Waals surface area contributed by atoms with Gasteiger partial charge in [-0.2, -0.15) is 0 Å². The van der Waals surface area contributed by atoms with Crippen LogP contribution in [0.2, 0.25) is 0 Å². The van der Waals surface area contributed by atoms with Crippen LogP contribution in [0.1, 0.15) is 20.8 Å². The maximum atomic E-state index is 11.2. The molecule has 1 heterocycles. The second-order valence-electron chi connectivity index (χ2n) is 3.50. The van der Waals surface area contributed by atoms with E-state index in [1.807, 2.05) is 13.8 Å². The number of aliphatic carboxylic acids is 1. The van der Waals surface area contributed by atoms with E-state index in [4.69, 9.17) is 5.11 Å². The van der Waals surface area contributed by atoms with Crippen LogP contribution in [-0.4, -0.2) is 38.5 Å². The van der Waals surface area contributed by atoms with Crippen LogP contribution < -0.4 is 0 Å². The Bertz CT molecular complexity index is 252. The van der Waals surface area contributed by atoms with Crippen LogP contribution in [0.5, 0.6) is 0 Å². The van der Waals surface area contributed by atoms with Gasteiger partial charge in [0.2, 0.25) is 5.91 Å². The summed E-state index contributed by atoms with van der Waals surface area (Å²) < 4.78 is 0. The Morgan fingerprint density at radius 2 is 2.08 bits per heavy atom. The molecule has 13 heavy (non-hydrogen) atoms. The summed E-state index contributed by atoms with van der Waals surface area (Å²) in [6.07, 6.45) is 0. The smallest absolute Gasteiger partial charge is 0.327 e. The van der Waals surface area contributed by atoms with E-state index in [-0.39, 0.29) is 5.91 Å². The molecule has 0 aliphatic carbocycles. The molecule has 1 N–H and O–H groups in total. The van der Waals surface area contributed by atoms with Gasteiger partial charge in [-0.25, -0.2) is 4.79 Å². The van der Waals surface area contributed by atoms with Crippen molar-refractivity contribution < 1.29 is 14.7 Å². The molecular formula is C8H13NO3S. The Labute approximate surface area is 81.3 Å². The van der Waals surface area contributed by atoms with Crippen molar-refractivity contribution in [3.63, 3.8) is 0 Å². The third-order valence-electron chi connectivity index (χ3n) is 2.11. The molecule has 1 amide bonds. The summed E-state index contributed by atoms with van der Waals surface area (Å²) in [5.74, 6) is -0.627. The molecule has 0 saturated carbocycles. The van der Waals surface area contributed by atoms with Crippen molar-refractivity contribution in [3.05, 3.63) is 0 Å². The lowest BCUT2D eigenvalue weighted by Crippen LogP contribution is -2.48. The topological polar surface area (TPSA) is 57.6 Å². The van der Waals surface area contributed by atoms with E-state index in [2.05, 4.69) is 0 Å². The van der Waals surface area contributed by atoms with E-state index in [9.17, 15) is 9.59 Å². The van der Waals surface area contributed by atoms with Gasteiger partial charge in [-0.1, -0.05) is 0 Å². The molecule has 1 aliphatic heterocycles. The minimum Gasteiger partial charge on any atom is -0.480 e. The summed E-state index contributed by atoms with van der Waals surface area (Å²) in [6, 6.07) is -0.669. The number of carboxylic acid groups (broad SMARTS) is 1. The average Bonchev–Trinajstić information content (AvgIpc) is 2.24. The molecular weight excluding hydrogens is 190 g/mol. The molecule has 0 aromatic heterocycles. The predicted molar refractivity (Wildman–Crippen MR) is 50.5 cm³/mol. The van der Waals surface area contributed by atoms with Gasteiger partial charge in [0.05, 0.1) is 4.87 Å². The first kappa shape index (κ1) is 10.4. The van der Waals surface area contributed by atoms with E-state index in [1.165, 1.54) is 23.6 Å². The van der Waals surface area contributed by atoms with E-state index in [1.54, 1.807) is 0 Å². The van der Waals surface area contributed by atoms with Gasteiger partial charge in [-0.3, -0.25) is 4.79 Å². The lowest BCUT2D eigenvalue weighted by molar-refractivity contribution is -0.149. The molecule has 1 saturated heterocycles. The Morgan fingerprint density at radius 3 is 2.38 bits per heavy atom. The summed E-state index contributed by atoms with van der Waals surface area (Å²) >= 11 is 1.50. The molecule has 0 radical (unpaired) electrons. The maximum absolute atomic E-state index is 11.2. The first-order valence-corrected chi connectivity index (χ1v) is 5.01. The van der Waals surface area contributed by atoms with Gasteiger partial charge in [0.1, 0.15) is 6.04 Å². The number of amides is 1. The van der Waals surface area contributed by atoms with Gasteiger partial charge < -0.3 is 10.0 Å². The van der Waals surface area contributed by atoms with Crippen molar-refractivity contribution >= 4 is 23.6 Å². The van der Waals surface area contributed by atoms with Crippen molar-refractivity contribution in [1.82, 2.24) is 4.90 Å². The monoisotopic (exact) mass is 203 g/mol.